The Hall–Kier alpha value is 0.0769. The predicted octanol–water partition coefficient (Wildman–Crippen LogP) is 8.95. The minimum absolute atomic E-state index is 0.309. The van der Waals surface area contributed by atoms with Crippen molar-refractivity contribution in [3.63, 3.8) is 0 Å². The van der Waals surface area contributed by atoms with Gasteiger partial charge in [0.15, 0.2) is 0 Å². The van der Waals surface area contributed by atoms with Crippen molar-refractivity contribution in [3.05, 3.63) is 52.6 Å². The Morgan fingerprint density at radius 3 is 1.91 bits per heavy atom. The quantitative estimate of drug-likeness (QED) is 0.254. The molecule has 1 unspecified atom stereocenters. The molecule has 0 bridgehead atoms. The normalized spacial score (nSPS) is 16.1. The van der Waals surface area contributed by atoms with E-state index in [1.807, 2.05) is 0 Å². The fourth-order valence-corrected chi connectivity index (χ4v) is 12.9. The van der Waals surface area contributed by atoms with Gasteiger partial charge in [-0.2, -0.15) is 0 Å². The Labute approximate surface area is 220 Å². The van der Waals surface area contributed by atoms with Crippen molar-refractivity contribution in [2.75, 3.05) is 0 Å². The molecule has 2 aromatic carbocycles. The fraction of sp³-hybridized carbons (Fsp3) is 0.500. The number of rotatable bonds is 9. The van der Waals surface area contributed by atoms with Gasteiger partial charge in [0, 0.05) is 0 Å². The van der Waals surface area contributed by atoms with Gasteiger partial charge in [-0.15, -0.1) is 0 Å². The first kappa shape index (κ1) is 27.7. The third-order valence-corrected chi connectivity index (χ3v) is 16.3. The molecule has 0 aliphatic heterocycles. The van der Waals surface area contributed by atoms with Crippen LogP contribution in [-0.2, 0) is 25.8 Å². The van der Waals surface area contributed by atoms with Crippen LogP contribution in [0.25, 0.3) is 17.2 Å². The number of allylic oxidation sites excluding steroid dienone is 1. The number of halogens is 2. The molecule has 0 aromatic heterocycles. The van der Waals surface area contributed by atoms with E-state index in [1.54, 1.807) is 10.4 Å². The zero-order valence-electron chi connectivity index (χ0n) is 21.8. The van der Waals surface area contributed by atoms with E-state index in [2.05, 4.69) is 89.5 Å². The van der Waals surface area contributed by atoms with Crippen molar-refractivity contribution in [3.8, 4) is 11.1 Å². The first-order valence-electron chi connectivity index (χ1n) is 12.6. The predicted molar refractivity (Wildman–Crippen MR) is 154 cm³/mol. The summed E-state index contributed by atoms with van der Waals surface area (Å²) in [6.07, 6.45) is 8.29. The monoisotopic (exact) mass is 593 g/mol. The Kier molecular flexibility index (Phi) is 9.22. The van der Waals surface area contributed by atoms with Crippen molar-refractivity contribution in [1.82, 2.24) is 0 Å². The second-order valence-electron chi connectivity index (χ2n) is 11.7. The van der Waals surface area contributed by atoms with Crippen LogP contribution in [0.4, 0.5) is 0 Å². The summed E-state index contributed by atoms with van der Waals surface area (Å²) in [5, 5.41) is 3.15. The number of aryl methyl sites for hydroxylation is 1. The number of benzene rings is 2. The van der Waals surface area contributed by atoms with Gasteiger partial charge in [0.25, 0.3) is 0 Å². The molecule has 0 saturated heterocycles. The van der Waals surface area contributed by atoms with Gasteiger partial charge in [0.2, 0.25) is 0 Å². The molecule has 0 heterocycles. The van der Waals surface area contributed by atoms with E-state index in [9.17, 15) is 0 Å². The van der Waals surface area contributed by atoms with E-state index in [0.717, 1.165) is 19.3 Å². The number of hydrogen-bond donors (Lipinski definition) is 0. The molecule has 2 aromatic rings. The molecule has 0 nitrogen and oxygen atoms in total. The summed E-state index contributed by atoms with van der Waals surface area (Å²) in [5.74, 6) is 0. The third-order valence-electron chi connectivity index (χ3n) is 6.89. The number of hydrogen-bond acceptors (Lipinski definition) is 0. The van der Waals surface area contributed by atoms with E-state index in [-0.39, 0.29) is 0 Å². The maximum atomic E-state index is 6.79. The molecule has 1 atom stereocenters. The van der Waals surface area contributed by atoms with Gasteiger partial charge in [-0.05, 0) is 0 Å². The topological polar surface area (TPSA) is 0 Å². The molecule has 0 saturated carbocycles. The Morgan fingerprint density at radius 2 is 1.42 bits per heavy atom. The summed E-state index contributed by atoms with van der Waals surface area (Å²) in [4.78, 5) is 0. The van der Waals surface area contributed by atoms with E-state index in [0.29, 0.717) is 3.63 Å². The molecule has 0 spiro atoms. The maximum absolute atomic E-state index is 6.79. The molecule has 33 heavy (non-hydrogen) atoms. The Bertz CT molecular complexity index is 997. The zero-order chi connectivity index (χ0) is 24.6. The third kappa shape index (κ3) is 6.26. The van der Waals surface area contributed by atoms with Crippen LogP contribution < -0.4 is 10.4 Å². The Balaban J connectivity index is 2.33. The van der Waals surface area contributed by atoms with Crippen molar-refractivity contribution in [2.45, 2.75) is 88.9 Å². The molecular formula is C28H41Cl2Si2Zr. The molecule has 1 aliphatic rings. The van der Waals surface area contributed by atoms with Crippen molar-refractivity contribution in [2.24, 2.45) is 0 Å². The molecule has 0 amide bonds. The van der Waals surface area contributed by atoms with Crippen LogP contribution in [0.3, 0.4) is 0 Å². The summed E-state index contributed by atoms with van der Waals surface area (Å²) in [5.41, 5.74) is 8.69. The molecule has 5 heteroatoms. The molecule has 3 rings (SSSR count). The molecule has 1 aliphatic carbocycles. The first-order valence-corrected chi connectivity index (χ1v) is 27.3. The average Bonchev–Trinajstić information content (AvgIpc) is 3.09. The van der Waals surface area contributed by atoms with Crippen LogP contribution in [0, 0.1) is 0 Å². The number of unbranched alkanes of at least 4 members (excludes halogenated alkanes) is 1. The van der Waals surface area contributed by atoms with Crippen LogP contribution >= 0.6 is 17.0 Å². The fourth-order valence-electron chi connectivity index (χ4n) is 4.87. The summed E-state index contributed by atoms with van der Waals surface area (Å²) >= 11 is -2.51. The summed E-state index contributed by atoms with van der Waals surface area (Å²) in [6.45, 7) is 19.4. The van der Waals surface area contributed by atoms with Crippen LogP contribution in [-0.4, -0.2) is 16.1 Å². The van der Waals surface area contributed by atoms with Gasteiger partial charge in [0.1, 0.15) is 0 Å². The van der Waals surface area contributed by atoms with Crippen LogP contribution in [0.2, 0.25) is 39.3 Å². The van der Waals surface area contributed by atoms with Gasteiger partial charge < -0.3 is 0 Å². The second kappa shape index (κ2) is 11.0. The molecular weight excluding hydrogens is 555 g/mol. The van der Waals surface area contributed by atoms with E-state index < -0.39 is 35.5 Å². The van der Waals surface area contributed by atoms with Crippen molar-refractivity contribution < 1.29 is 19.4 Å². The van der Waals surface area contributed by atoms with Gasteiger partial charge in [-0.25, -0.2) is 0 Å². The minimum atomic E-state index is -2.51. The molecule has 0 N–H and O–H groups in total. The SMILES string of the molecule is CCCCC1=Cc2c(ccc(CCC)c2-c2cc([Si](C)(C)C)cc([Si](C)(C)C)c2)[CH]1[Zr]([Cl])[Cl]. The van der Waals surface area contributed by atoms with E-state index in [1.165, 1.54) is 46.2 Å². The van der Waals surface area contributed by atoms with Gasteiger partial charge in [-0.3, -0.25) is 0 Å². The zero-order valence-corrected chi connectivity index (χ0v) is 27.8. The van der Waals surface area contributed by atoms with Crippen molar-refractivity contribution >= 4 is 49.6 Å². The van der Waals surface area contributed by atoms with Crippen LogP contribution in [0.15, 0.2) is 35.9 Å². The summed E-state index contributed by atoms with van der Waals surface area (Å²) < 4.78 is 0.309. The van der Waals surface area contributed by atoms with Crippen LogP contribution in [0.1, 0.15) is 59.8 Å². The average molecular weight is 596 g/mol. The van der Waals surface area contributed by atoms with E-state index in [4.69, 9.17) is 17.0 Å². The second-order valence-corrected chi connectivity index (χ2v) is 30.7. The molecule has 179 valence electrons. The van der Waals surface area contributed by atoms with Gasteiger partial charge in [-0.1, -0.05) is 0 Å². The molecule has 0 fully saturated rings. The first-order chi connectivity index (χ1) is 15.4. The van der Waals surface area contributed by atoms with Crippen molar-refractivity contribution in [1.29, 1.82) is 0 Å². The van der Waals surface area contributed by atoms with E-state index >= 15 is 0 Å². The standard InChI is InChI=1S/C28H41Si2.2ClH.Zr/c1-9-11-13-21-16-23-15-14-22(12-10-2)28(27(23)17-21)24-18-25(29(3,4)5)20-26(19-24)30(6,7)8;;;/h14-20H,9-13H2,1-8H3;2*1H;/q;;;+2/p-2. The number of fused-ring (bicyclic) bond motifs is 1. The summed E-state index contributed by atoms with van der Waals surface area (Å²) in [6, 6.07) is 12.3. The van der Waals surface area contributed by atoms with Gasteiger partial charge in [0.05, 0.1) is 0 Å². The summed E-state index contributed by atoms with van der Waals surface area (Å²) in [7, 11) is 10.7. The Morgan fingerprint density at radius 1 is 0.818 bits per heavy atom. The molecule has 0 radical (unpaired) electrons. The van der Waals surface area contributed by atoms with Gasteiger partial charge >= 0.3 is 222 Å². The van der Waals surface area contributed by atoms with Crippen LogP contribution in [0.5, 0.6) is 0 Å².